The highest BCUT2D eigenvalue weighted by atomic mass is 19.4. The Morgan fingerprint density at radius 2 is 1.95 bits per heavy atom. The molecule has 0 aliphatic rings. The molecule has 6 heteroatoms. The van der Waals surface area contributed by atoms with Crippen molar-refractivity contribution in [1.29, 1.82) is 0 Å². The van der Waals surface area contributed by atoms with Crippen molar-refractivity contribution in [3.05, 3.63) is 29.3 Å². The highest BCUT2D eigenvalue weighted by molar-refractivity contribution is 5.91. The standard InChI is InChI=1S/C16H21F3O3/c1-3-4-5-6-7-14(16(17,18)19)22-15(21)13-9-8-12(20)10-11(13)2/h8-10,14,20H,3-7H2,1-2H3/t14-/m1/s1. The van der Waals surface area contributed by atoms with Crippen molar-refractivity contribution in [1.82, 2.24) is 0 Å². The van der Waals surface area contributed by atoms with Gasteiger partial charge in [0.05, 0.1) is 5.56 Å². The summed E-state index contributed by atoms with van der Waals surface area (Å²) in [6.45, 7) is 3.50. The van der Waals surface area contributed by atoms with E-state index in [9.17, 15) is 23.1 Å². The molecule has 0 spiro atoms. The molecule has 0 aromatic heterocycles. The summed E-state index contributed by atoms with van der Waals surface area (Å²) in [7, 11) is 0. The van der Waals surface area contributed by atoms with Gasteiger partial charge in [-0.1, -0.05) is 26.2 Å². The van der Waals surface area contributed by atoms with E-state index in [0.717, 1.165) is 12.8 Å². The third kappa shape index (κ3) is 5.58. The fourth-order valence-electron chi connectivity index (χ4n) is 2.12. The smallest absolute Gasteiger partial charge is 0.425 e. The molecule has 1 aromatic rings. The van der Waals surface area contributed by atoms with Gasteiger partial charge >= 0.3 is 12.1 Å². The van der Waals surface area contributed by atoms with Gasteiger partial charge in [0.25, 0.3) is 0 Å². The molecule has 0 aliphatic carbocycles. The average Bonchev–Trinajstić information content (AvgIpc) is 2.40. The number of aryl methyl sites for hydroxylation is 1. The van der Waals surface area contributed by atoms with Crippen molar-refractivity contribution >= 4 is 5.97 Å². The van der Waals surface area contributed by atoms with Gasteiger partial charge in [-0.15, -0.1) is 0 Å². The fourth-order valence-corrected chi connectivity index (χ4v) is 2.12. The van der Waals surface area contributed by atoms with Crippen LogP contribution in [0.4, 0.5) is 13.2 Å². The van der Waals surface area contributed by atoms with Gasteiger partial charge in [-0.2, -0.15) is 13.2 Å². The minimum Gasteiger partial charge on any atom is -0.508 e. The first-order chi connectivity index (χ1) is 10.3. The Hall–Kier alpha value is -1.72. The van der Waals surface area contributed by atoms with E-state index in [0.29, 0.717) is 18.4 Å². The summed E-state index contributed by atoms with van der Waals surface area (Å²) >= 11 is 0. The lowest BCUT2D eigenvalue weighted by Crippen LogP contribution is -2.34. The highest BCUT2D eigenvalue weighted by Crippen LogP contribution is 2.28. The number of hydrogen-bond donors (Lipinski definition) is 1. The number of phenolic OH excluding ortho intramolecular Hbond substituents is 1. The van der Waals surface area contributed by atoms with Crippen LogP contribution in [0.25, 0.3) is 0 Å². The van der Waals surface area contributed by atoms with Gasteiger partial charge in [0, 0.05) is 0 Å². The third-order valence-corrected chi connectivity index (χ3v) is 3.36. The third-order valence-electron chi connectivity index (χ3n) is 3.36. The van der Waals surface area contributed by atoms with E-state index in [1.807, 2.05) is 6.92 Å². The molecule has 0 radical (unpaired) electrons. The second-order valence-corrected chi connectivity index (χ2v) is 5.28. The minimum atomic E-state index is -4.58. The van der Waals surface area contributed by atoms with Crippen LogP contribution < -0.4 is 0 Å². The SMILES string of the molecule is CCCCCC[C@@H](OC(=O)c1ccc(O)cc1C)C(F)(F)F. The number of alkyl halides is 3. The molecule has 1 N–H and O–H groups in total. The Morgan fingerprint density at radius 1 is 1.27 bits per heavy atom. The summed E-state index contributed by atoms with van der Waals surface area (Å²) in [5, 5.41) is 9.26. The molecule has 0 fully saturated rings. The molecule has 0 saturated heterocycles. The predicted octanol–water partition coefficient (Wildman–Crippen LogP) is 4.76. The number of carbonyl (C=O) groups is 1. The van der Waals surface area contributed by atoms with Crippen LogP contribution >= 0.6 is 0 Å². The van der Waals surface area contributed by atoms with Crippen molar-refractivity contribution in [2.45, 2.75) is 58.2 Å². The molecule has 1 aromatic carbocycles. The first kappa shape index (κ1) is 18.3. The number of aromatic hydroxyl groups is 1. The van der Waals surface area contributed by atoms with Crippen molar-refractivity contribution in [3.63, 3.8) is 0 Å². The largest absolute Gasteiger partial charge is 0.508 e. The Balaban J connectivity index is 2.74. The van der Waals surface area contributed by atoms with E-state index in [1.54, 1.807) is 0 Å². The molecule has 0 bridgehead atoms. The van der Waals surface area contributed by atoms with Gasteiger partial charge < -0.3 is 9.84 Å². The Labute approximate surface area is 128 Å². The summed E-state index contributed by atoms with van der Waals surface area (Å²) in [4.78, 5) is 11.9. The van der Waals surface area contributed by atoms with Crippen LogP contribution in [0.2, 0.25) is 0 Å². The molecular weight excluding hydrogens is 297 g/mol. The van der Waals surface area contributed by atoms with Gasteiger partial charge in [-0.3, -0.25) is 0 Å². The molecule has 1 rings (SSSR count). The molecule has 0 amide bonds. The first-order valence-electron chi connectivity index (χ1n) is 7.33. The second kappa shape index (κ2) is 8.06. The van der Waals surface area contributed by atoms with Crippen molar-refractivity contribution in [2.24, 2.45) is 0 Å². The number of ether oxygens (including phenoxy) is 1. The van der Waals surface area contributed by atoms with Gasteiger partial charge in [0.2, 0.25) is 0 Å². The summed E-state index contributed by atoms with van der Waals surface area (Å²) in [5.41, 5.74) is 0.400. The maximum Gasteiger partial charge on any atom is 0.425 e. The summed E-state index contributed by atoms with van der Waals surface area (Å²) in [6, 6.07) is 3.81. The lowest BCUT2D eigenvalue weighted by atomic mass is 10.1. The van der Waals surface area contributed by atoms with Crippen LogP contribution in [-0.4, -0.2) is 23.4 Å². The van der Waals surface area contributed by atoms with Gasteiger partial charge in [0.15, 0.2) is 6.10 Å². The van der Waals surface area contributed by atoms with Crippen molar-refractivity contribution in [2.75, 3.05) is 0 Å². The first-order valence-corrected chi connectivity index (χ1v) is 7.33. The zero-order chi connectivity index (χ0) is 16.8. The van der Waals surface area contributed by atoms with Crippen molar-refractivity contribution < 1.29 is 27.8 Å². The molecular formula is C16H21F3O3. The maximum absolute atomic E-state index is 13.0. The van der Waals surface area contributed by atoms with Crippen LogP contribution in [0.3, 0.4) is 0 Å². The Kier molecular flexibility index (Phi) is 6.71. The molecule has 1 atom stereocenters. The molecule has 22 heavy (non-hydrogen) atoms. The topological polar surface area (TPSA) is 46.5 Å². The lowest BCUT2D eigenvalue weighted by Gasteiger charge is -2.21. The van der Waals surface area contributed by atoms with E-state index in [2.05, 4.69) is 4.74 Å². The molecule has 0 saturated carbocycles. The monoisotopic (exact) mass is 318 g/mol. The summed E-state index contributed by atoms with van der Waals surface area (Å²) in [6.07, 6.45) is -4.08. The summed E-state index contributed by atoms with van der Waals surface area (Å²) < 4.78 is 43.5. The number of carbonyl (C=O) groups excluding carboxylic acids is 1. The average molecular weight is 318 g/mol. The van der Waals surface area contributed by atoms with Crippen LogP contribution in [-0.2, 0) is 4.74 Å². The van der Waals surface area contributed by atoms with Crippen LogP contribution in [0, 0.1) is 6.92 Å². The van der Waals surface area contributed by atoms with Crippen LogP contribution in [0.1, 0.15) is 54.9 Å². The molecule has 124 valence electrons. The number of rotatable bonds is 7. The quantitative estimate of drug-likeness (QED) is 0.582. The molecule has 0 unspecified atom stereocenters. The summed E-state index contributed by atoms with van der Waals surface area (Å²) in [5.74, 6) is -1.07. The highest BCUT2D eigenvalue weighted by Gasteiger charge is 2.42. The number of benzene rings is 1. The van der Waals surface area contributed by atoms with E-state index in [1.165, 1.54) is 25.1 Å². The number of esters is 1. The van der Waals surface area contributed by atoms with Crippen LogP contribution in [0.5, 0.6) is 5.75 Å². The van der Waals surface area contributed by atoms with Crippen LogP contribution in [0.15, 0.2) is 18.2 Å². The van der Waals surface area contributed by atoms with E-state index < -0.39 is 18.2 Å². The maximum atomic E-state index is 13.0. The van der Waals surface area contributed by atoms with E-state index >= 15 is 0 Å². The normalized spacial score (nSPS) is 13.0. The van der Waals surface area contributed by atoms with E-state index in [4.69, 9.17) is 0 Å². The van der Waals surface area contributed by atoms with Gasteiger partial charge in [-0.05, 0) is 43.5 Å². The zero-order valence-corrected chi connectivity index (χ0v) is 12.7. The zero-order valence-electron chi connectivity index (χ0n) is 12.7. The molecule has 0 heterocycles. The number of phenols is 1. The van der Waals surface area contributed by atoms with E-state index in [-0.39, 0.29) is 17.7 Å². The van der Waals surface area contributed by atoms with Crippen molar-refractivity contribution in [3.8, 4) is 5.75 Å². The number of hydrogen-bond acceptors (Lipinski definition) is 3. The second-order valence-electron chi connectivity index (χ2n) is 5.28. The Morgan fingerprint density at radius 3 is 2.50 bits per heavy atom. The Bertz CT molecular complexity index is 498. The lowest BCUT2D eigenvalue weighted by molar-refractivity contribution is -0.206. The predicted molar refractivity (Wildman–Crippen MR) is 76.9 cm³/mol. The molecule has 3 nitrogen and oxygen atoms in total. The van der Waals surface area contributed by atoms with Gasteiger partial charge in [-0.25, -0.2) is 4.79 Å². The fraction of sp³-hybridized carbons (Fsp3) is 0.562. The minimum absolute atomic E-state index is 0.0283. The molecule has 0 aliphatic heterocycles. The van der Waals surface area contributed by atoms with Gasteiger partial charge in [0.1, 0.15) is 5.75 Å². The number of halogens is 3. The number of unbranched alkanes of at least 4 members (excludes halogenated alkanes) is 3.